The third kappa shape index (κ3) is 8.41. The van der Waals surface area contributed by atoms with Crippen molar-refractivity contribution >= 4 is 90.6 Å². The molecule has 8 aliphatic rings. The molecule has 15 nitrogen and oxygen atoms in total. The Morgan fingerprint density at radius 3 is 1.40 bits per heavy atom. The van der Waals surface area contributed by atoms with Crippen LogP contribution in [0.1, 0.15) is 64.2 Å². The van der Waals surface area contributed by atoms with Crippen LogP contribution in [-0.4, -0.2) is 151 Å². The molecule has 8 aromatic rings. The largest absolute Gasteiger partial charge is 0.459 e. The van der Waals surface area contributed by atoms with E-state index in [4.69, 9.17) is 62.6 Å². The third-order valence-electron chi connectivity index (χ3n) is 19.4. The molecule has 8 aliphatic heterocycles. The van der Waals surface area contributed by atoms with E-state index in [0.717, 1.165) is 112 Å². The number of benzene rings is 4. The van der Waals surface area contributed by atoms with Crippen LogP contribution in [0.2, 0.25) is 10.0 Å². The molecular formula is C61H61Cl3F2N12O3. The highest BCUT2D eigenvalue weighted by molar-refractivity contribution is 6.37. The molecule has 0 amide bonds. The highest BCUT2D eigenvalue weighted by Gasteiger charge is 2.64. The minimum atomic E-state index is -0.756. The van der Waals surface area contributed by atoms with Crippen molar-refractivity contribution in [1.29, 1.82) is 0 Å². The number of fused-ring (bicyclic) bond motifs is 10. The number of piperazine rings is 2. The van der Waals surface area contributed by atoms with Gasteiger partial charge in [-0.1, -0.05) is 83.9 Å². The number of rotatable bonds is 10. The van der Waals surface area contributed by atoms with Gasteiger partial charge in [0.15, 0.2) is 11.6 Å². The van der Waals surface area contributed by atoms with Gasteiger partial charge in [-0.25, -0.2) is 8.78 Å². The van der Waals surface area contributed by atoms with Crippen molar-refractivity contribution in [2.75, 3.05) is 62.2 Å². The fourth-order valence-corrected chi connectivity index (χ4v) is 16.6. The van der Waals surface area contributed by atoms with Crippen molar-refractivity contribution in [3.63, 3.8) is 0 Å². The second-order valence-electron chi connectivity index (χ2n) is 24.0. The summed E-state index contributed by atoms with van der Waals surface area (Å²) < 4.78 is 48.7. The van der Waals surface area contributed by atoms with Crippen LogP contribution in [0.4, 0.5) is 20.4 Å². The van der Waals surface area contributed by atoms with E-state index in [1.165, 1.54) is 0 Å². The van der Waals surface area contributed by atoms with Crippen molar-refractivity contribution in [3.05, 3.63) is 107 Å². The van der Waals surface area contributed by atoms with Crippen molar-refractivity contribution < 1.29 is 23.4 Å². The van der Waals surface area contributed by atoms with Gasteiger partial charge in [0.1, 0.15) is 46.3 Å². The predicted octanol–water partition coefficient (Wildman–Crippen LogP) is 9.92. The fourth-order valence-electron chi connectivity index (χ4n) is 16.1. The minimum absolute atomic E-state index is 0. The van der Waals surface area contributed by atoms with E-state index in [1.807, 2.05) is 72.8 Å². The number of ether oxygens (including phenoxy) is 2. The van der Waals surface area contributed by atoms with Gasteiger partial charge in [-0.05, 0) is 87.4 Å². The van der Waals surface area contributed by atoms with Crippen molar-refractivity contribution in [2.24, 2.45) is 0 Å². The molecule has 0 aliphatic carbocycles. The maximum absolute atomic E-state index is 17.4. The topological polar surface area (TPSA) is 153 Å². The molecule has 3 N–H and O–H groups in total. The van der Waals surface area contributed by atoms with Crippen molar-refractivity contribution in [3.8, 4) is 34.5 Å². The molecule has 4 aromatic carbocycles. The first kappa shape index (κ1) is 52.0. The number of hydrogen-bond acceptors (Lipinski definition) is 15. The molecular weight excluding hydrogens is 1090 g/mol. The van der Waals surface area contributed by atoms with Crippen LogP contribution in [0.3, 0.4) is 0 Å². The third-order valence-corrected chi connectivity index (χ3v) is 20.1. The quantitative estimate of drug-likeness (QED) is 0.119. The molecule has 8 fully saturated rings. The predicted molar refractivity (Wildman–Crippen MR) is 313 cm³/mol. The number of aromatic nitrogens is 6. The summed E-state index contributed by atoms with van der Waals surface area (Å²) in [6.07, 6.45) is 10.7. The molecule has 0 radical (unpaired) electrons. The molecule has 4 aromatic heterocycles. The zero-order valence-corrected chi connectivity index (χ0v) is 46.8. The summed E-state index contributed by atoms with van der Waals surface area (Å²) in [7, 11) is 0. The zero-order valence-electron chi connectivity index (χ0n) is 44.5. The van der Waals surface area contributed by atoms with Crippen LogP contribution >= 0.6 is 35.6 Å². The van der Waals surface area contributed by atoms with Gasteiger partial charge in [-0.3, -0.25) is 19.8 Å². The molecule has 0 spiro atoms. The Morgan fingerprint density at radius 1 is 0.568 bits per heavy atom. The van der Waals surface area contributed by atoms with Crippen LogP contribution in [-0.2, 0) is 0 Å². The van der Waals surface area contributed by atoms with E-state index in [-0.39, 0.29) is 59.1 Å². The molecule has 8 atom stereocenters. The molecule has 81 heavy (non-hydrogen) atoms. The number of nitrogens with zero attached hydrogens (tertiary/aromatic N) is 10. The molecule has 16 rings (SSSR count). The SMILES string of the molecule is Cl.OC(C12CCCN1CC(Oc1nc(N3C[C@H]4CC[C@@H](C3)N4)c3cnc(-c4cccc5cccc(Cl)c45)c(F)c3n1)C2)C12CCCN1CC(Oc1nc(N3C[C@H]4CC[C@@H](C3)N4)c3cnc(-c4cccc5cccc(Cl)c45)c(F)c3n1)C2. The highest BCUT2D eigenvalue weighted by atomic mass is 35.5. The highest BCUT2D eigenvalue weighted by Crippen LogP contribution is 2.53. The van der Waals surface area contributed by atoms with Gasteiger partial charge in [0.2, 0.25) is 0 Å². The monoisotopic (exact) mass is 1150 g/mol. The second kappa shape index (κ2) is 19.9. The summed E-state index contributed by atoms with van der Waals surface area (Å²) in [4.78, 5) is 38.9. The van der Waals surface area contributed by atoms with Gasteiger partial charge in [-0.2, -0.15) is 19.9 Å². The van der Waals surface area contributed by atoms with E-state index in [2.05, 4.69) is 30.2 Å². The molecule has 20 heteroatoms. The lowest BCUT2D eigenvalue weighted by Crippen LogP contribution is -2.62. The Kier molecular flexibility index (Phi) is 12.8. The number of aliphatic hydroxyl groups is 1. The zero-order chi connectivity index (χ0) is 53.6. The first-order chi connectivity index (χ1) is 39.1. The first-order valence-corrected chi connectivity index (χ1v) is 29.4. The maximum Gasteiger partial charge on any atom is 0.319 e. The van der Waals surface area contributed by atoms with Gasteiger partial charge < -0.3 is 35.0 Å². The van der Waals surface area contributed by atoms with Gasteiger partial charge in [0.05, 0.1) is 28.0 Å². The summed E-state index contributed by atoms with van der Waals surface area (Å²) in [6, 6.07) is 24.1. The van der Waals surface area contributed by atoms with Gasteiger partial charge in [0.25, 0.3) is 0 Å². The summed E-state index contributed by atoms with van der Waals surface area (Å²) >= 11 is 13.6. The number of aliphatic hydroxyl groups excluding tert-OH is 1. The number of hydrogen-bond donors (Lipinski definition) is 3. The normalized spacial score (nSPS) is 28.4. The molecule has 8 saturated heterocycles. The van der Waals surface area contributed by atoms with E-state index in [0.29, 0.717) is 93.7 Å². The Morgan fingerprint density at radius 2 is 0.975 bits per heavy atom. The standard InChI is InChI=1S/C61H60Cl2F2N12O3.ClH/c62-45-13-3-9-33-7-1-11-41(47(33)45)51-49(64)53-43(25-66-51)55(74-27-35-15-16-36(28-74)68-35)72-58(70-53)79-39-23-60(19-5-21-76(60)31-39)57(78)61-20-6-22-77(61)32-40(24-61)80-59-71-54-44(56(73-59)75-29-37-17-18-38(30-75)69-37)26-67-52(50(54)65)42-12-2-8-34-10-4-14-46(63)48(34)42;/h1-4,7-14,25-26,35-40,57,68-69,78H,5-6,15-24,27-32H2;1H/t35-,36+,37-,38+,39?,40?,57?,60?,61?;. The summed E-state index contributed by atoms with van der Waals surface area (Å²) in [5.41, 5.74) is 0.596. The summed E-state index contributed by atoms with van der Waals surface area (Å²) in [6.45, 7) is 5.65. The average molecular weight is 1150 g/mol. The van der Waals surface area contributed by atoms with E-state index < -0.39 is 28.8 Å². The Bertz CT molecular complexity index is 3570. The lowest BCUT2D eigenvalue weighted by Gasteiger charge is -2.47. The van der Waals surface area contributed by atoms with E-state index in [1.54, 1.807) is 12.4 Å². The second-order valence-corrected chi connectivity index (χ2v) is 24.8. The van der Waals surface area contributed by atoms with Gasteiger partial charge in [0, 0.05) is 121 Å². The van der Waals surface area contributed by atoms with Gasteiger partial charge in [-0.15, -0.1) is 12.4 Å². The number of anilines is 2. The summed E-state index contributed by atoms with van der Waals surface area (Å²) in [5, 5.41) is 26.0. The van der Waals surface area contributed by atoms with Crippen LogP contribution in [0.15, 0.2) is 85.2 Å². The molecule has 418 valence electrons. The van der Waals surface area contributed by atoms with Gasteiger partial charge >= 0.3 is 12.0 Å². The van der Waals surface area contributed by atoms with Crippen LogP contribution in [0, 0.1) is 11.6 Å². The van der Waals surface area contributed by atoms with Crippen molar-refractivity contribution in [1.82, 2.24) is 50.3 Å². The molecule has 4 bridgehead atoms. The maximum atomic E-state index is 17.4. The number of nitrogens with one attached hydrogen (secondary N) is 2. The molecule has 4 unspecified atom stereocenters. The van der Waals surface area contributed by atoms with Crippen LogP contribution < -0.4 is 29.9 Å². The van der Waals surface area contributed by atoms with Crippen LogP contribution in [0.25, 0.3) is 65.9 Å². The average Bonchev–Trinajstić information content (AvgIpc) is 3.71. The lowest BCUT2D eigenvalue weighted by molar-refractivity contribution is -0.0727. The Labute approximate surface area is 483 Å². The Hall–Kier alpha value is -5.89. The number of pyridine rings is 2. The van der Waals surface area contributed by atoms with E-state index >= 15 is 8.78 Å². The first-order valence-electron chi connectivity index (χ1n) is 28.7. The van der Waals surface area contributed by atoms with E-state index in [9.17, 15) is 5.11 Å². The lowest BCUT2D eigenvalue weighted by atomic mass is 9.73. The number of halogens is 5. The van der Waals surface area contributed by atoms with Crippen LogP contribution in [0.5, 0.6) is 12.0 Å². The summed E-state index contributed by atoms with van der Waals surface area (Å²) in [5.74, 6) is 0.108. The molecule has 12 heterocycles. The smallest absolute Gasteiger partial charge is 0.319 e. The van der Waals surface area contributed by atoms with Crippen molar-refractivity contribution in [2.45, 2.75) is 118 Å². The Balaban J connectivity index is 0.00000564. The minimum Gasteiger partial charge on any atom is -0.459 e. The molecule has 0 saturated carbocycles. The fraction of sp³-hybridized carbons (Fsp3) is 0.443.